The van der Waals surface area contributed by atoms with Crippen molar-refractivity contribution < 1.29 is 9.53 Å². The fourth-order valence-electron chi connectivity index (χ4n) is 2.25. The Balaban J connectivity index is 2.40. The lowest BCUT2D eigenvalue weighted by Gasteiger charge is -2.11. The fourth-order valence-corrected chi connectivity index (χ4v) is 2.42. The molecule has 0 aliphatic rings. The molecule has 0 saturated heterocycles. The van der Waals surface area contributed by atoms with Gasteiger partial charge in [-0.1, -0.05) is 48.5 Å². The highest BCUT2D eigenvalue weighted by Gasteiger charge is 2.11. The number of carbonyl (C=O) groups is 1. The molecule has 0 N–H and O–H groups in total. The van der Waals surface area contributed by atoms with Crippen LogP contribution < -0.4 is 4.74 Å². The molecule has 0 aliphatic heterocycles. The van der Waals surface area contributed by atoms with E-state index in [0.717, 1.165) is 27.6 Å². The maximum Gasteiger partial charge on any atom is 0.335 e. The van der Waals surface area contributed by atoms with Gasteiger partial charge in [0, 0.05) is 21.9 Å². The van der Waals surface area contributed by atoms with Crippen LogP contribution in [0.5, 0.6) is 5.75 Å². The van der Waals surface area contributed by atoms with Crippen molar-refractivity contribution in [3.05, 3.63) is 66.2 Å². The summed E-state index contributed by atoms with van der Waals surface area (Å²) in [6.45, 7) is 3.43. The van der Waals surface area contributed by atoms with Gasteiger partial charge in [-0.05, 0) is 29.0 Å². The van der Waals surface area contributed by atoms with Gasteiger partial charge in [0.1, 0.15) is 5.75 Å². The summed E-state index contributed by atoms with van der Waals surface area (Å²) in [5, 5.41) is 4.27. The second-order valence-electron chi connectivity index (χ2n) is 4.42. The Morgan fingerprint density at radius 1 is 1.05 bits per heavy atom. The normalized spacial score (nSPS) is 10.7. The molecule has 0 aromatic heterocycles. The molecule has 0 radical (unpaired) electrons. The van der Waals surface area contributed by atoms with E-state index < -0.39 is 5.97 Å². The molecule has 0 atom stereocenters. The van der Waals surface area contributed by atoms with Crippen molar-refractivity contribution in [2.45, 2.75) is 0 Å². The molecule has 0 spiro atoms. The Bertz CT molecular complexity index is 837. The monoisotopic (exact) mass is 282 g/mol. The molecule has 0 amide bonds. The summed E-state index contributed by atoms with van der Waals surface area (Å²) in [6, 6.07) is 15.3. The van der Waals surface area contributed by atoms with Gasteiger partial charge in [-0.15, -0.1) is 0 Å². The first-order valence-electron chi connectivity index (χ1n) is 6.14. The zero-order chi connectivity index (χ0) is 14.1. The molecule has 3 aromatic rings. The first-order chi connectivity index (χ1) is 9.69. The van der Waals surface area contributed by atoms with E-state index in [2.05, 4.69) is 6.58 Å². The minimum atomic E-state index is -0.484. The highest BCUT2D eigenvalue weighted by molar-refractivity contribution is 6.31. The summed E-state index contributed by atoms with van der Waals surface area (Å²) in [5.41, 5.74) is 0. The molecule has 2 nitrogen and oxygen atoms in total. The molecule has 3 aromatic carbocycles. The van der Waals surface area contributed by atoms with Crippen LogP contribution in [0.15, 0.2) is 61.2 Å². The maximum atomic E-state index is 11.6. The molecular weight excluding hydrogens is 272 g/mol. The van der Waals surface area contributed by atoms with Gasteiger partial charge in [0.15, 0.2) is 0 Å². The Kier molecular flexibility index (Phi) is 3.17. The summed E-state index contributed by atoms with van der Waals surface area (Å²) in [4.78, 5) is 11.6. The number of ether oxygens (including phenoxy) is 1. The Morgan fingerprint density at radius 3 is 2.60 bits per heavy atom. The predicted octanol–water partition coefficient (Wildman–Crippen LogP) is 4.74. The van der Waals surface area contributed by atoms with Gasteiger partial charge in [-0.2, -0.15) is 0 Å². The van der Waals surface area contributed by atoms with Crippen LogP contribution in [0.1, 0.15) is 0 Å². The van der Waals surface area contributed by atoms with Crippen molar-refractivity contribution in [3.8, 4) is 5.75 Å². The first kappa shape index (κ1) is 12.7. The van der Waals surface area contributed by atoms with E-state index >= 15 is 0 Å². The van der Waals surface area contributed by atoms with Crippen LogP contribution in [0.2, 0.25) is 5.02 Å². The van der Waals surface area contributed by atoms with E-state index in [4.69, 9.17) is 16.3 Å². The third kappa shape index (κ3) is 2.15. The molecule has 3 rings (SSSR count). The lowest BCUT2D eigenvalue weighted by atomic mass is 10.0. The Labute approximate surface area is 121 Å². The summed E-state index contributed by atoms with van der Waals surface area (Å²) in [6.07, 6.45) is 1.15. The summed E-state index contributed by atoms with van der Waals surface area (Å²) in [5.74, 6) is 0.0353. The maximum absolute atomic E-state index is 11.6. The molecule has 0 aliphatic carbocycles. The molecule has 0 bridgehead atoms. The summed E-state index contributed by atoms with van der Waals surface area (Å²) >= 11 is 6.05. The van der Waals surface area contributed by atoms with E-state index in [9.17, 15) is 4.79 Å². The van der Waals surface area contributed by atoms with Crippen molar-refractivity contribution in [1.29, 1.82) is 0 Å². The lowest BCUT2D eigenvalue weighted by molar-refractivity contribution is -0.128. The molecular formula is C17H11ClO2. The van der Waals surface area contributed by atoms with Gasteiger partial charge < -0.3 is 4.74 Å². The molecule has 3 heteroatoms. The van der Waals surface area contributed by atoms with Crippen LogP contribution in [0, 0.1) is 0 Å². The van der Waals surface area contributed by atoms with Crippen molar-refractivity contribution in [2.24, 2.45) is 0 Å². The number of benzene rings is 3. The lowest BCUT2D eigenvalue weighted by Crippen LogP contribution is -2.04. The van der Waals surface area contributed by atoms with Crippen LogP contribution in [0.25, 0.3) is 21.5 Å². The second kappa shape index (κ2) is 4.99. The number of carbonyl (C=O) groups excluding carboxylic acids is 1. The predicted molar refractivity (Wildman–Crippen MR) is 82.3 cm³/mol. The van der Waals surface area contributed by atoms with Gasteiger partial charge in [0.25, 0.3) is 0 Å². The van der Waals surface area contributed by atoms with Crippen LogP contribution in [0.4, 0.5) is 0 Å². The van der Waals surface area contributed by atoms with Crippen molar-refractivity contribution in [1.82, 2.24) is 0 Å². The average Bonchev–Trinajstić information content (AvgIpc) is 2.47. The Morgan fingerprint density at radius 2 is 1.80 bits per heavy atom. The third-order valence-electron chi connectivity index (χ3n) is 3.15. The zero-order valence-electron chi connectivity index (χ0n) is 10.6. The van der Waals surface area contributed by atoms with Crippen molar-refractivity contribution in [3.63, 3.8) is 0 Å². The third-order valence-corrected chi connectivity index (χ3v) is 3.38. The largest absolute Gasteiger partial charge is 0.422 e. The fraction of sp³-hybridized carbons (Fsp3) is 0. The molecule has 0 heterocycles. The molecule has 0 fully saturated rings. The quantitative estimate of drug-likeness (QED) is 0.294. The molecule has 20 heavy (non-hydrogen) atoms. The number of fused-ring (bicyclic) bond motifs is 2. The van der Waals surface area contributed by atoms with Crippen molar-refractivity contribution in [2.75, 3.05) is 0 Å². The highest BCUT2D eigenvalue weighted by Crippen LogP contribution is 2.36. The zero-order valence-corrected chi connectivity index (χ0v) is 11.4. The van der Waals surface area contributed by atoms with Crippen molar-refractivity contribution >= 4 is 39.1 Å². The van der Waals surface area contributed by atoms with E-state index in [0.29, 0.717) is 10.8 Å². The number of esters is 1. The van der Waals surface area contributed by atoms with Gasteiger partial charge in [-0.3, -0.25) is 0 Å². The average molecular weight is 283 g/mol. The van der Waals surface area contributed by atoms with Gasteiger partial charge >= 0.3 is 5.97 Å². The number of rotatable bonds is 2. The van der Waals surface area contributed by atoms with E-state index in [-0.39, 0.29) is 0 Å². The standard InChI is InChI=1S/C17H11ClO2/c1-2-16(19)20-17-14-6-4-3-5-11(14)9-12-7-8-13(18)10-15(12)17/h2-10H,1H2. The van der Waals surface area contributed by atoms with Gasteiger partial charge in [-0.25, -0.2) is 4.79 Å². The van der Waals surface area contributed by atoms with E-state index in [1.54, 1.807) is 6.07 Å². The number of hydrogen-bond acceptors (Lipinski definition) is 2. The van der Waals surface area contributed by atoms with Crippen LogP contribution >= 0.6 is 11.6 Å². The summed E-state index contributed by atoms with van der Waals surface area (Å²) in [7, 11) is 0. The smallest absolute Gasteiger partial charge is 0.335 e. The van der Waals surface area contributed by atoms with Gasteiger partial charge in [0.2, 0.25) is 0 Å². The van der Waals surface area contributed by atoms with E-state index in [1.807, 2.05) is 42.5 Å². The van der Waals surface area contributed by atoms with E-state index in [1.165, 1.54) is 0 Å². The van der Waals surface area contributed by atoms with Gasteiger partial charge in [0.05, 0.1) is 0 Å². The molecule has 98 valence electrons. The topological polar surface area (TPSA) is 26.3 Å². The van der Waals surface area contributed by atoms with Crippen LogP contribution in [-0.2, 0) is 4.79 Å². The second-order valence-corrected chi connectivity index (χ2v) is 4.85. The van der Waals surface area contributed by atoms with Crippen LogP contribution in [0.3, 0.4) is 0 Å². The minimum Gasteiger partial charge on any atom is -0.422 e. The highest BCUT2D eigenvalue weighted by atomic mass is 35.5. The Hall–Kier alpha value is -2.32. The minimum absolute atomic E-state index is 0.484. The molecule has 0 unspecified atom stereocenters. The van der Waals surface area contributed by atoms with Crippen LogP contribution in [-0.4, -0.2) is 5.97 Å². The summed E-state index contributed by atoms with van der Waals surface area (Å²) < 4.78 is 5.43. The molecule has 0 saturated carbocycles. The first-order valence-corrected chi connectivity index (χ1v) is 6.52. The number of hydrogen-bond donors (Lipinski definition) is 0. The SMILES string of the molecule is C=CC(=O)Oc1c2ccccc2cc2ccc(Cl)cc12. The number of halogens is 1.